The molecule has 1 atom stereocenters. The van der Waals surface area contributed by atoms with Crippen molar-refractivity contribution in [2.24, 2.45) is 0 Å². The van der Waals surface area contributed by atoms with Gasteiger partial charge in [0.25, 0.3) is 10.0 Å². The van der Waals surface area contributed by atoms with Crippen LogP contribution in [0.15, 0.2) is 53.7 Å². The molecule has 0 aliphatic carbocycles. The fourth-order valence-corrected chi connectivity index (χ4v) is 4.88. The van der Waals surface area contributed by atoms with Gasteiger partial charge >= 0.3 is 0 Å². The summed E-state index contributed by atoms with van der Waals surface area (Å²) in [4.78, 5) is 4.18. The van der Waals surface area contributed by atoms with Crippen LogP contribution in [0.4, 0.5) is 4.39 Å². The van der Waals surface area contributed by atoms with Gasteiger partial charge in [-0.05, 0) is 36.8 Å². The summed E-state index contributed by atoms with van der Waals surface area (Å²) in [5.74, 6) is -0.370. The van der Waals surface area contributed by atoms with Crippen LogP contribution in [0.2, 0.25) is 5.15 Å². The first-order valence-corrected chi connectivity index (χ1v) is 9.58. The predicted molar refractivity (Wildman–Crippen MR) is 94.6 cm³/mol. The van der Waals surface area contributed by atoms with E-state index in [0.29, 0.717) is 11.2 Å². The average molecular weight is 382 g/mol. The normalized spacial score (nSPS) is 13.5. The van der Waals surface area contributed by atoms with Crippen molar-refractivity contribution in [1.82, 2.24) is 13.7 Å². The smallest absolute Gasteiger partial charge is 0.264 e. The van der Waals surface area contributed by atoms with E-state index in [0.717, 1.165) is 0 Å². The highest BCUT2D eigenvalue weighted by molar-refractivity contribution is 7.89. The Hall–Kier alpha value is -1.96. The van der Waals surface area contributed by atoms with Gasteiger partial charge in [-0.2, -0.15) is 4.31 Å². The first kappa shape index (κ1) is 17.8. The van der Waals surface area contributed by atoms with Gasteiger partial charge in [-0.1, -0.05) is 36.7 Å². The Morgan fingerprint density at radius 3 is 2.52 bits per heavy atom. The molecule has 1 aromatic carbocycles. The molecule has 2 heterocycles. The van der Waals surface area contributed by atoms with Crippen LogP contribution in [0.1, 0.15) is 25.5 Å². The standard InChI is InChI=1S/C17H17ClFN3O2S/c1-3-22(12(2)13-7-9-14(19)10-8-13)25(23,24)17-16(18)21-11-5-4-6-15(21)20-17/h4-12H,3H2,1-2H3/t12-/m0/s1. The Kier molecular flexibility index (Phi) is 4.81. The minimum Gasteiger partial charge on any atom is -0.289 e. The fourth-order valence-electron chi connectivity index (χ4n) is 2.78. The van der Waals surface area contributed by atoms with Crippen LogP contribution >= 0.6 is 11.6 Å². The molecule has 0 fully saturated rings. The molecule has 3 aromatic rings. The molecule has 132 valence electrons. The van der Waals surface area contributed by atoms with E-state index < -0.39 is 16.1 Å². The Morgan fingerprint density at radius 1 is 1.24 bits per heavy atom. The second-order valence-corrected chi connectivity index (χ2v) is 7.74. The number of halogens is 2. The largest absolute Gasteiger partial charge is 0.289 e. The number of pyridine rings is 1. The number of hydrogen-bond acceptors (Lipinski definition) is 3. The molecule has 0 aliphatic heterocycles. The lowest BCUT2D eigenvalue weighted by atomic mass is 10.1. The molecular weight excluding hydrogens is 365 g/mol. The Bertz CT molecular complexity index is 1000. The third-order valence-corrected chi connectivity index (χ3v) is 6.53. The van der Waals surface area contributed by atoms with E-state index in [1.807, 2.05) is 0 Å². The fraction of sp³-hybridized carbons (Fsp3) is 0.235. The van der Waals surface area contributed by atoms with Crippen LogP contribution in [0, 0.1) is 5.82 Å². The maximum absolute atomic E-state index is 13.1. The highest BCUT2D eigenvalue weighted by Gasteiger charge is 2.33. The molecule has 0 bridgehead atoms. The second-order valence-electron chi connectivity index (χ2n) is 5.57. The van der Waals surface area contributed by atoms with E-state index in [2.05, 4.69) is 4.98 Å². The van der Waals surface area contributed by atoms with Gasteiger partial charge in [-0.25, -0.2) is 17.8 Å². The van der Waals surface area contributed by atoms with Gasteiger partial charge in [0.2, 0.25) is 5.03 Å². The zero-order valence-corrected chi connectivity index (χ0v) is 15.3. The monoisotopic (exact) mass is 381 g/mol. The number of imidazole rings is 1. The second kappa shape index (κ2) is 6.74. The van der Waals surface area contributed by atoms with Crippen molar-refractivity contribution in [2.45, 2.75) is 24.9 Å². The molecule has 0 spiro atoms. The van der Waals surface area contributed by atoms with Crippen molar-refractivity contribution in [1.29, 1.82) is 0 Å². The number of benzene rings is 1. The summed E-state index contributed by atoms with van der Waals surface area (Å²) >= 11 is 6.26. The SMILES string of the molecule is CCN([C@@H](C)c1ccc(F)cc1)S(=O)(=O)c1nc2ccccn2c1Cl. The van der Waals surface area contributed by atoms with Crippen molar-refractivity contribution in [2.75, 3.05) is 6.54 Å². The number of fused-ring (bicyclic) bond motifs is 1. The molecule has 0 saturated carbocycles. The van der Waals surface area contributed by atoms with Crippen LogP contribution < -0.4 is 0 Å². The van der Waals surface area contributed by atoms with E-state index in [4.69, 9.17) is 11.6 Å². The molecule has 0 aliphatic rings. The molecule has 0 unspecified atom stereocenters. The number of aromatic nitrogens is 2. The first-order valence-electron chi connectivity index (χ1n) is 7.76. The lowest BCUT2D eigenvalue weighted by molar-refractivity contribution is 0.355. The van der Waals surface area contributed by atoms with Crippen LogP contribution in [-0.4, -0.2) is 28.7 Å². The number of nitrogens with zero attached hydrogens (tertiary/aromatic N) is 3. The van der Waals surface area contributed by atoms with Gasteiger partial charge in [0.15, 0.2) is 5.15 Å². The van der Waals surface area contributed by atoms with Crippen molar-refractivity contribution in [3.8, 4) is 0 Å². The molecular formula is C17H17ClFN3O2S. The predicted octanol–water partition coefficient (Wildman–Crippen LogP) is 3.90. The number of sulfonamides is 1. The van der Waals surface area contributed by atoms with Gasteiger partial charge in [-0.3, -0.25) is 4.40 Å². The lowest BCUT2D eigenvalue weighted by Gasteiger charge is -2.26. The van der Waals surface area contributed by atoms with E-state index in [-0.39, 0.29) is 22.5 Å². The van der Waals surface area contributed by atoms with Crippen LogP contribution in [0.3, 0.4) is 0 Å². The minimum absolute atomic E-state index is 0.0420. The van der Waals surface area contributed by atoms with Gasteiger partial charge in [0, 0.05) is 18.8 Å². The van der Waals surface area contributed by atoms with Gasteiger partial charge in [0.05, 0.1) is 0 Å². The summed E-state index contributed by atoms with van der Waals surface area (Å²) in [6, 6.07) is 10.5. The molecule has 8 heteroatoms. The van der Waals surface area contributed by atoms with Crippen LogP contribution in [-0.2, 0) is 10.0 Å². The number of hydrogen-bond donors (Lipinski definition) is 0. The van der Waals surface area contributed by atoms with E-state index in [1.54, 1.807) is 50.4 Å². The number of rotatable bonds is 5. The van der Waals surface area contributed by atoms with Crippen LogP contribution in [0.5, 0.6) is 0 Å². The minimum atomic E-state index is -3.93. The lowest BCUT2D eigenvalue weighted by Crippen LogP contribution is -2.34. The molecule has 0 N–H and O–H groups in total. The summed E-state index contributed by atoms with van der Waals surface area (Å²) in [5.41, 5.74) is 1.14. The van der Waals surface area contributed by atoms with Crippen molar-refractivity contribution in [3.05, 3.63) is 65.2 Å². The summed E-state index contributed by atoms with van der Waals surface area (Å²) in [6.07, 6.45) is 1.66. The summed E-state index contributed by atoms with van der Waals surface area (Å²) in [6.45, 7) is 3.71. The van der Waals surface area contributed by atoms with E-state index in [1.165, 1.54) is 20.8 Å². The van der Waals surface area contributed by atoms with Gasteiger partial charge in [-0.15, -0.1) is 0 Å². The Balaban J connectivity index is 2.06. The third-order valence-electron chi connectivity index (χ3n) is 4.09. The molecule has 2 aromatic heterocycles. The quantitative estimate of drug-likeness (QED) is 0.673. The highest BCUT2D eigenvalue weighted by atomic mass is 35.5. The maximum atomic E-state index is 13.1. The molecule has 5 nitrogen and oxygen atoms in total. The maximum Gasteiger partial charge on any atom is 0.264 e. The Labute approximate surface area is 150 Å². The summed E-state index contributed by atoms with van der Waals surface area (Å²) < 4.78 is 42.2. The van der Waals surface area contributed by atoms with E-state index >= 15 is 0 Å². The first-order chi connectivity index (χ1) is 11.9. The molecule has 25 heavy (non-hydrogen) atoms. The zero-order valence-electron chi connectivity index (χ0n) is 13.7. The molecule has 0 amide bonds. The van der Waals surface area contributed by atoms with Gasteiger partial charge < -0.3 is 0 Å². The molecule has 0 saturated heterocycles. The van der Waals surface area contributed by atoms with Gasteiger partial charge in [0.1, 0.15) is 11.5 Å². The topological polar surface area (TPSA) is 54.7 Å². The highest BCUT2D eigenvalue weighted by Crippen LogP contribution is 2.31. The summed E-state index contributed by atoms with van der Waals surface area (Å²) in [7, 11) is -3.93. The summed E-state index contributed by atoms with van der Waals surface area (Å²) in [5, 5.41) is -0.142. The van der Waals surface area contributed by atoms with E-state index in [9.17, 15) is 12.8 Å². The van der Waals surface area contributed by atoms with Crippen molar-refractivity contribution >= 4 is 27.3 Å². The molecule has 3 rings (SSSR count). The molecule has 0 radical (unpaired) electrons. The average Bonchev–Trinajstić information content (AvgIpc) is 2.94. The van der Waals surface area contributed by atoms with Crippen LogP contribution in [0.25, 0.3) is 5.65 Å². The zero-order chi connectivity index (χ0) is 18.2. The third kappa shape index (κ3) is 3.15. The Morgan fingerprint density at radius 2 is 1.92 bits per heavy atom. The van der Waals surface area contributed by atoms with Crippen molar-refractivity contribution < 1.29 is 12.8 Å². The van der Waals surface area contributed by atoms with Crippen molar-refractivity contribution in [3.63, 3.8) is 0 Å².